The molecule has 0 bridgehead atoms. The number of pyridine rings is 2. The van der Waals surface area contributed by atoms with Crippen LogP contribution in [0.15, 0.2) is 43.4 Å². The van der Waals surface area contributed by atoms with Gasteiger partial charge in [-0.25, -0.2) is 4.98 Å². The van der Waals surface area contributed by atoms with Crippen LogP contribution in [0.25, 0.3) is 21.9 Å². The van der Waals surface area contributed by atoms with Crippen LogP contribution < -0.4 is 0 Å². The van der Waals surface area contributed by atoms with Gasteiger partial charge in [-0.15, -0.1) is 0 Å². The summed E-state index contributed by atoms with van der Waals surface area (Å²) in [7, 11) is 0. The molecule has 0 unspecified atom stereocenters. The molecular formula is C19H27N5. The number of hydrogen-bond acceptors (Lipinski definition) is 3. The van der Waals surface area contributed by atoms with Gasteiger partial charge >= 0.3 is 0 Å². The van der Waals surface area contributed by atoms with Crippen LogP contribution in [0.1, 0.15) is 38.8 Å². The van der Waals surface area contributed by atoms with Gasteiger partial charge in [0.05, 0.1) is 35.3 Å². The standard InChI is InChI=1S/C8H8N2.C7H7N3.2C2H6/c1-6-4-9-5-8-7(6)2-3-10-8;1-5-2-8-3-6-7(5)10-4-9-6;2*1-2/h2-5,10H,1H3;2-4H,1H3,(H,9,10);2*1-2H3. The van der Waals surface area contributed by atoms with E-state index in [4.69, 9.17) is 0 Å². The fraction of sp³-hybridized carbons (Fsp3) is 0.316. The van der Waals surface area contributed by atoms with E-state index in [9.17, 15) is 0 Å². The van der Waals surface area contributed by atoms with E-state index in [1.54, 1.807) is 12.5 Å². The molecule has 0 saturated carbocycles. The summed E-state index contributed by atoms with van der Waals surface area (Å²) >= 11 is 0. The highest BCUT2D eigenvalue weighted by Crippen LogP contribution is 2.13. The van der Waals surface area contributed by atoms with Crippen LogP contribution in [-0.2, 0) is 0 Å². The van der Waals surface area contributed by atoms with Gasteiger partial charge < -0.3 is 9.97 Å². The number of H-pyrrole nitrogens is 2. The van der Waals surface area contributed by atoms with Gasteiger partial charge in [0.15, 0.2) is 0 Å². The van der Waals surface area contributed by atoms with Crippen molar-refractivity contribution in [1.29, 1.82) is 0 Å². The maximum Gasteiger partial charge on any atom is 0.0942 e. The molecule has 0 atom stereocenters. The number of nitrogens with one attached hydrogen (secondary N) is 2. The molecule has 0 radical (unpaired) electrons. The monoisotopic (exact) mass is 325 g/mol. The van der Waals surface area contributed by atoms with Crippen molar-refractivity contribution in [2.45, 2.75) is 41.5 Å². The Kier molecular flexibility index (Phi) is 8.19. The lowest BCUT2D eigenvalue weighted by Crippen LogP contribution is -1.78. The molecule has 0 aliphatic rings. The predicted molar refractivity (Wildman–Crippen MR) is 102 cm³/mol. The molecule has 4 aromatic rings. The van der Waals surface area contributed by atoms with Crippen LogP contribution in [-0.4, -0.2) is 24.9 Å². The number of rotatable bonds is 0. The third kappa shape index (κ3) is 4.65. The summed E-state index contributed by atoms with van der Waals surface area (Å²) in [5, 5.41) is 1.26. The molecule has 0 saturated heterocycles. The maximum absolute atomic E-state index is 4.12. The van der Waals surface area contributed by atoms with E-state index in [0.717, 1.165) is 22.1 Å². The van der Waals surface area contributed by atoms with Gasteiger partial charge in [-0.3, -0.25) is 9.97 Å². The van der Waals surface area contributed by atoms with Crippen molar-refractivity contribution in [3.63, 3.8) is 0 Å². The Bertz CT molecular complexity index is 773. The molecule has 4 aromatic heterocycles. The van der Waals surface area contributed by atoms with E-state index in [-0.39, 0.29) is 0 Å². The first kappa shape index (κ1) is 19.4. The second-order valence-corrected chi connectivity index (χ2v) is 4.65. The zero-order valence-electron chi connectivity index (χ0n) is 15.4. The van der Waals surface area contributed by atoms with Crippen LogP contribution in [0.2, 0.25) is 0 Å². The van der Waals surface area contributed by atoms with Gasteiger partial charge in [0, 0.05) is 24.0 Å². The van der Waals surface area contributed by atoms with Crippen LogP contribution >= 0.6 is 0 Å². The lowest BCUT2D eigenvalue weighted by molar-refractivity contribution is 1.29. The molecule has 2 N–H and O–H groups in total. The molecule has 0 fully saturated rings. The van der Waals surface area contributed by atoms with Gasteiger partial charge in [-0.2, -0.15) is 0 Å². The van der Waals surface area contributed by atoms with E-state index in [2.05, 4.69) is 37.9 Å². The van der Waals surface area contributed by atoms with E-state index < -0.39 is 0 Å². The number of aryl methyl sites for hydroxylation is 2. The largest absolute Gasteiger partial charge is 0.360 e. The van der Waals surface area contributed by atoms with Gasteiger partial charge in [0.2, 0.25) is 0 Å². The average molecular weight is 325 g/mol. The van der Waals surface area contributed by atoms with E-state index >= 15 is 0 Å². The summed E-state index contributed by atoms with van der Waals surface area (Å²) in [6.45, 7) is 12.1. The van der Waals surface area contributed by atoms with Gasteiger partial charge in [0.25, 0.3) is 0 Å². The zero-order chi connectivity index (χ0) is 17.9. The lowest BCUT2D eigenvalue weighted by atomic mass is 10.2. The number of nitrogens with zero attached hydrogens (tertiary/aromatic N) is 3. The van der Waals surface area contributed by atoms with E-state index in [0.29, 0.717) is 0 Å². The Morgan fingerprint density at radius 3 is 2.00 bits per heavy atom. The van der Waals surface area contributed by atoms with Crippen molar-refractivity contribution in [3.05, 3.63) is 54.5 Å². The number of aromatic nitrogens is 5. The SMILES string of the molecule is CC.CC.Cc1cncc2[nH]ccc12.Cc1cncc2[nH]cnc12. The number of hydrogen-bond donors (Lipinski definition) is 2. The molecule has 24 heavy (non-hydrogen) atoms. The van der Waals surface area contributed by atoms with Crippen LogP contribution in [0.5, 0.6) is 0 Å². The minimum Gasteiger partial charge on any atom is -0.360 e. The first-order chi connectivity index (χ1) is 11.8. The minimum absolute atomic E-state index is 1.00. The molecule has 4 heterocycles. The third-order valence-electron chi connectivity index (χ3n) is 3.19. The number of fused-ring (bicyclic) bond motifs is 2. The summed E-state index contributed by atoms with van der Waals surface area (Å²) < 4.78 is 0. The topological polar surface area (TPSA) is 70.2 Å². The minimum atomic E-state index is 1.00. The van der Waals surface area contributed by atoms with E-state index in [1.807, 2.05) is 59.4 Å². The molecule has 0 aliphatic carbocycles. The molecule has 4 rings (SSSR count). The second kappa shape index (κ2) is 10.2. The van der Waals surface area contributed by atoms with Crippen molar-refractivity contribution in [2.24, 2.45) is 0 Å². The normalized spacial score (nSPS) is 9.25. The highest BCUT2D eigenvalue weighted by atomic mass is 14.9. The molecular weight excluding hydrogens is 298 g/mol. The van der Waals surface area contributed by atoms with Gasteiger partial charge in [-0.1, -0.05) is 27.7 Å². The summed E-state index contributed by atoms with van der Waals surface area (Å²) in [4.78, 5) is 18.3. The molecule has 128 valence electrons. The zero-order valence-corrected chi connectivity index (χ0v) is 15.4. The highest BCUT2D eigenvalue weighted by molar-refractivity contribution is 5.81. The first-order valence-corrected chi connectivity index (χ1v) is 8.37. The summed E-state index contributed by atoms with van der Waals surface area (Å²) in [5.41, 5.74) is 5.45. The van der Waals surface area contributed by atoms with Crippen LogP contribution in [0.3, 0.4) is 0 Å². The van der Waals surface area contributed by atoms with Crippen molar-refractivity contribution >= 4 is 21.9 Å². The average Bonchev–Trinajstić information content (AvgIpc) is 3.29. The second-order valence-electron chi connectivity index (χ2n) is 4.65. The smallest absolute Gasteiger partial charge is 0.0942 e. The van der Waals surface area contributed by atoms with Crippen molar-refractivity contribution in [2.75, 3.05) is 0 Å². The Morgan fingerprint density at radius 2 is 1.38 bits per heavy atom. The summed E-state index contributed by atoms with van der Waals surface area (Å²) in [6.07, 6.45) is 10.9. The maximum atomic E-state index is 4.12. The Labute approximate surface area is 143 Å². The molecule has 0 amide bonds. The molecule has 5 nitrogen and oxygen atoms in total. The summed E-state index contributed by atoms with van der Waals surface area (Å²) in [6, 6.07) is 2.06. The molecule has 0 aliphatic heterocycles. The fourth-order valence-electron chi connectivity index (χ4n) is 2.13. The fourth-order valence-corrected chi connectivity index (χ4v) is 2.13. The quantitative estimate of drug-likeness (QED) is 0.467. The first-order valence-electron chi connectivity index (χ1n) is 8.37. The van der Waals surface area contributed by atoms with E-state index in [1.165, 1.54) is 10.9 Å². The predicted octanol–water partition coefficient (Wildman–Crippen LogP) is 5.19. The van der Waals surface area contributed by atoms with Crippen molar-refractivity contribution < 1.29 is 0 Å². The highest BCUT2D eigenvalue weighted by Gasteiger charge is 1.96. The molecule has 0 aromatic carbocycles. The lowest BCUT2D eigenvalue weighted by Gasteiger charge is -1.91. The van der Waals surface area contributed by atoms with Crippen LogP contribution in [0.4, 0.5) is 0 Å². The van der Waals surface area contributed by atoms with Gasteiger partial charge in [-0.05, 0) is 31.0 Å². The Morgan fingerprint density at radius 1 is 0.750 bits per heavy atom. The molecule has 0 spiro atoms. The van der Waals surface area contributed by atoms with Crippen molar-refractivity contribution in [3.8, 4) is 0 Å². The van der Waals surface area contributed by atoms with Crippen LogP contribution in [0, 0.1) is 13.8 Å². The van der Waals surface area contributed by atoms with Gasteiger partial charge in [0.1, 0.15) is 0 Å². The van der Waals surface area contributed by atoms with Crippen molar-refractivity contribution in [1.82, 2.24) is 24.9 Å². The molecule has 5 heteroatoms. The Balaban J connectivity index is 0.000000199. The third-order valence-corrected chi connectivity index (χ3v) is 3.19. The summed E-state index contributed by atoms with van der Waals surface area (Å²) in [5.74, 6) is 0. The Hall–Kier alpha value is -2.69. The number of imidazole rings is 1. The number of aromatic amines is 2.